The Hall–Kier alpha value is -1.66. The number of amides is 1. The Bertz CT molecular complexity index is 610. The molecule has 2 saturated heterocycles. The van der Waals surface area contributed by atoms with Gasteiger partial charge < -0.3 is 15.5 Å². The fourth-order valence-corrected chi connectivity index (χ4v) is 3.87. The van der Waals surface area contributed by atoms with Gasteiger partial charge in [-0.25, -0.2) is 4.98 Å². The molecule has 0 spiro atoms. The first-order chi connectivity index (χ1) is 11.9. The van der Waals surface area contributed by atoms with Gasteiger partial charge in [0.1, 0.15) is 11.9 Å². The van der Waals surface area contributed by atoms with Crippen molar-refractivity contribution in [3.63, 3.8) is 0 Å². The third-order valence-electron chi connectivity index (χ3n) is 5.70. The van der Waals surface area contributed by atoms with Crippen LogP contribution in [0.15, 0.2) is 12.1 Å². The maximum absolute atomic E-state index is 11.8. The quantitative estimate of drug-likeness (QED) is 0.889. The fraction of sp³-hybridized carbons (Fsp3) is 0.684. The Balaban J connectivity index is 1.84. The Kier molecular flexibility index (Phi) is 5.29. The normalized spacial score (nSPS) is 23.6. The smallest absolute Gasteiger partial charge is 0.240 e. The van der Waals surface area contributed by atoms with Crippen molar-refractivity contribution in [2.75, 3.05) is 44.7 Å². The maximum Gasteiger partial charge on any atom is 0.240 e. The van der Waals surface area contributed by atoms with Crippen LogP contribution in [0.3, 0.4) is 0 Å². The molecule has 25 heavy (non-hydrogen) atoms. The summed E-state index contributed by atoms with van der Waals surface area (Å²) >= 11 is 0. The minimum absolute atomic E-state index is 0.150. The lowest BCUT2D eigenvalue weighted by atomic mass is 9.96. The summed E-state index contributed by atoms with van der Waals surface area (Å²) in [4.78, 5) is 23.6. The van der Waals surface area contributed by atoms with Gasteiger partial charge in [-0.05, 0) is 52.3 Å². The molecule has 1 atom stereocenters. The van der Waals surface area contributed by atoms with Crippen molar-refractivity contribution in [1.29, 1.82) is 0 Å². The van der Waals surface area contributed by atoms with Crippen LogP contribution >= 0.6 is 0 Å². The Morgan fingerprint density at radius 2 is 1.96 bits per heavy atom. The van der Waals surface area contributed by atoms with Gasteiger partial charge in [-0.2, -0.15) is 0 Å². The zero-order valence-corrected chi connectivity index (χ0v) is 15.7. The number of anilines is 1. The van der Waals surface area contributed by atoms with Gasteiger partial charge in [-0.15, -0.1) is 0 Å². The summed E-state index contributed by atoms with van der Waals surface area (Å²) in [5.74, 6) is 0.488. The summed E-state index contributed by atoms with van der Waals surface area (Å²) in [5.41, 5.74) is 6.49. The molecule has 0 bridgehead atoms. The van der Waals surface area contributed by atoms with E-state index in [4.69, 9.17) is 10.7 Å². The molecule has 2 aliphatic heterocycles. The van der Waals surface area contributed by atoms with Crippen molar-refractivity contribution < 1.29 is 4.79 Å². The summed E-state index contributed by atoms with van der Waals surface area (Å²) in [5, 5.41) is 0. The van der Waals surface area contributed by atoms with E-state index >= 15 is 0 Å². The molecule has 2 aliphatic rings. The van der Waals surface area contributed by atoms with Crippen molar-refractivity contribution in [2.45, 2.75) is 44.7 Å². The van der Waals surface area contributed by atoms with E-state index in [1.165, 1.54) is 0 Å². The largest absolute Gasteiger partial charge is 0.368 e. The zero-order valence-electron chi connectivity index (χ0n) is 15.7. The van der Waals surface area contributed by atoms with E-state index in [0.717, 1.165) is 63.5 Å². The number of hydrogen-bond donors (Lipinski definition) is 1. The highest BCUT2D eigenvalue weighted by Crippen LogP contribution is 2.30. The van der Waals surface area contributed by atoms with Crippen LogP contribution in [0, 0.1) is 6.07 Å². The number of primary amides is 1. The summed E-state index contributed by atoms with van der Waals surface area (Å²) in [6, 6.07) is 6.94. The average molecular weight is 344 g/mol. The number of piperidine rings is 1. The molecule has 1 unspecified atom stereocenters. The topological polar surface area (TPSA) is 65.7 Å². The Morgan fingerprint density at radius 3 is 2.64 bits per heavy atom. The van der Waals surface area contributed by atoms with E-state index in [-0.39, 0.29) is 17.5 Å². The second-order valence-corrected chi connectivity index (χ2v) is 7.76. The van der Waals surface area contributed by atoms with E-state index in [9.17, 15) is 4.79 Å². The van der Waals surface area contributed by atoms with E-state index in [2.05, 4.69) is 36.8 Å². The molecule has 6 heteroatoms. The van der Waals surface area contributed by atoms with Gasteiger partial charge in [0, 0.05) is 38.8 Å². The van der Waals surface area contributed by atoms with Gasteiger partial charge >= 0.3 is 0 Å². The molecular weight excluding hydrogens is 314 g/mol. The van der Waals surface area contributed by atoms with Gasteiger partial charge in [-0.3, -0.25) is 9.69 Å². The first-order valence-corrected chi connectivity index (χ1v) is 9.28. The molecular formula is C19H30N5O. The van der Waals surface area contributed by atoms with Crippen LogP contribution < -0.4 is 10.6 Å². The van der Waals surface area contributed by atoms with E-state index < -0.39 is 0 Å². The van der Waals surface area contributed by atoms with E-state index in [1.807, 2.05) is 17.0 Å². The predicted molar refractivity (Wildman–Crippen MR) is 99.3 cm³/mol. The van der Waals surface area contributed by atoms with Crippen molar-refractivity contribution in [1.82, 2.24) is 14.8 Å². The monoisotopic (exact) mass is 344 g/mol. The molecule has 0 saturated carbocycles. The van der Waals surface area contributed by atoms with Crippen LogP contribution in [-0.4, -0.2) is 66.5 Å². The second-order valence-electron chi connectivity index (χ2n) is 7.76. The van der Waals surface area contributed by atoms with Crippen LogP contribution in [0.25, 0.3) is 0 Å². The van der Waals surface area contributed by atoms with Crippen molar-refractivity contribution in [2.24, 2.45) is 5.73 Å². The van der Waals surface area contributed by atoms with Gasteiger partial charge in [0.05, 0.1) is 11.2 Å². The summed E-state index contributed by atoms with van der Waals surface area (Å²) in [6.07, 6.45) is 2.90. The average Bonchev–Trinajstić information content (AvgIpc) is 2.62. The zero-order chi connectivity index (χ0) is 18.0. The molecule has 1 amide bonds. The highest BCUT2D eigenvalue weighted by molar-refractivity contribution is 5.83. The predicted octanol–water partition coefficient (Wildman–Crippen LogP) is 1.21. The first-order valence-electron chi connectivity index (χ1n) is 9.28. The Morgan fingerprint density at radius 1 is 1.24 bits per heavy atom. The molecule has 1 aromatic rings. The number of rotatable bonds is 4. The number of likely N-dealkylation sites (N-methyl/N-ethyl adjacent to an activating group) is 1. The molecule has 6 nitrogen and oxygen atoms in total. The minimum atomic E-state index is -0.265. The van der Waals surface area contributed by atoms with Crippen LogP contribution in [0.5, 0.6) is 0 Å². The van der Waals surface area contributed by atoms with Crippen molar-refractivity contribution >= 4 is 11.7 Å². The first kappa shape index (κ1) is 18.1. The number of nitrogens with two attached hydrogens (primary N) is 1. The highest BCUT2D eigenvalue weighted by Gasteiger charge is 2.33. The molecule has 137 valence electrons. The van der Waals surface area contributed by atoms with Crippen LogP contribution in [0.2, 0.25) is 0 Å². The summed E-state index contributed by atoms with van der Waals surface area (Å²) < 4.78 is 0. The highest BCUT2D eigenvalue weighted by atomic mass is 16.1. The van der Waals surface area contributed by atoms with E-state index in [1.54, 1.807) is 0 Å². The standard InChI is InChI=1S/C19H30N5O/c1-19(2,23-13-11-22(3)12-14-23)16-8-6-9-17(21-16)24-10-5-4-7-15(24)18(20)25/h6,8,15H,4-5,7,10-14H2,1-3H3,(H2,20,25). The molecule has 2 N–H and O–H groups in total. The number of nitrogens with zero attached hydrogens (tertiary/aromatic N) is 4. The third kappa shape index (κ3) is 3.80. The lowest BCUT2D eigenvalue weighted by Gasteiger charge is -2.43. The van der Waals surface area contributed by atoms with Gasteiger partial charge in [0.15, 0.2) is 0 Å². The molecule has 0 aliphatic carbocycles. The number of hydrogen-bond acceptors (Lipinski definition) is 5. The SMILES string of the molecule is CN1CCN(C(C)(C)c2cc[c]c(N3CCCCC3C(N)=O)n2)CC1. The number of aromatic nitrogens is 1. The van der Waals surface area contributed by atoms with Crippen molar-refractivity contribution in [3.8, 4) is 0 Å². The molecule has 2 fully saturated rings. The summed E-state index contributed by atoms with van der Waals surface area (Å²) in [7, 11) is 2.17. The number of carbonyl (C=O) groups is 1. The number of piperazine rings is 1. The van der Waals surface area contributed by atoms with Gasteiger partial charge in [0.2, 0.25) is 5.91 Å². The van der Waals surface area contributed by atoms with Crippen molar-refractivity contribution in [3.05, 3.63) is 23.9 Å². The van der Waals surface area contributed by atoms with Crippen LogP contribution in [0.1, 0.15) is 38.8 Å². The lowest BCUT2D eigenvalue weighted by molar-refractivity contribution is -0.119. The fourth-order valence-electron chi connectivity index (χ4n) is 3.87. The van der Waals surface area contributed by atoms with Gasteiger partial charge in [0.25, 0.3) is 0 Å². The Labute approximate surface area is 151 Å². The van der Waals surface area contributed by atoms with Crippen LogP contribution in [-0.2, 0) is 10.3 Å². The molecule has 1 radical (unpaired) electrons. The third-order valence-corrected chi connectivity index (χ3v) is 5.70. The lowest BCUT2D eigenvalue weighted by Crippen LogP contribution is -2.52. The number of carbonyl (C=O) groups excluding carboxylic acids is 1. The maximum atomic E-state index is 11.8. The number of pyridine rings is 1. The molecule has 0 aromatic carbocycles. The molecule has 1 aromatic heterocycles. The molecule has 3 rings (SSSR count). The summed E-state index contributed by atoms with van der Waals surface area (Å²) in [6.45, 7) is 9.49. The minimum Gasteiger partial charge on any atom is -0.368 e. The van der Waals surface area contributed by atoms with Gasteiger partial charge in [-0.1, -0.05) is 0 Å². The second kappa shape index (κ2) is 7.30. The van der Waals surface area contributed by atoms with E-state index in [0.29, 0.717) is 0 Å². The molecule has 3 heterocycles. The van der Waals surface area contributed by atoms with Crippen LogP contribution in [0.4, 0.5) is 5.82 Å².